The molecule has 0 spiro atoms. The topological polar surface area (TPSA) is 12.0 Å². The Morgan fingerprint density at radius 1 is 1.05 bits per heavy atom. The summed E-state index contributed by atoms with van der Waals surface area (Å²) in [5.41, 5.74) is 2.88. The molecule has 1 N–H and O–H groups in total. The number of nitrogens with one attached hydrogen (secondary N) is 1. The van der Waals surface area contributed by atoms with Crippen LogP contribution in [-0.2, 0) is 0 Å². The van der Waals surface area contributed by atoms with E-state index in [0.29, 0.717) is 5.92 Å². The molecule has 0 aliphatic heterocycles. The monoisotopic (exact) mass is 275 g/mol. The second-order valence-electron chi connectivity index (χ2n) is 6.58. The van der Waals surface area contributed by atoms with Gasteiger partial charge in [0.05, 0.1) is 0 Å². The highest BCUT2D eigenvalue weighted by Gasteiger charge is 2.16. The maximum absolute atomic E-state index is 3.66. The van der Waals surface area contributed by atoms with E-state index in [1.54, 1.807) is 0 Å². The van der Waals surface area contributed by atoms with E-state index in [0.717, 1.165) is 24.9 Å². The zero-order valence-corrected chi connectivity index (χ0v) is 14.1. The SMILES string of the molecule is CCC(CC)CC(CNCC(C)C)c1cccc(C)c1. The molecule has 1 nitrogen and oxygen atoms in total. The predicted molar refractivity (Wildman–Crippen MR) is 90.3 cm³/mol. The summed E-state index contributed by atoms with van der Waals surface area (Å²) in [6.45, 7) is 13.6. The lowest BCUT2D eigenvalue weighted by Crippen LogP contribution is -2.26. The van der Waals surface area contributed by atoms with Crippen LogP contribution in [0.2, 0.25) is 0 Å². The van der Waals surface area contributed by atoms with Crippen LogP contribution >= 0.6 is 0 Å². The van der Waals surface area contributed by atoms with Gasteiger partial charge in [-0.25, -0.2) is 0 Å². The summed E-state index contributed by atoms with van der Waals surface area (Å²) in [7, 11) is 0. The maximum Gasteiger partial charge on any atom is 0.00203 e. The van der Waals surface area contributed by atoms with Gasteiger partial charge in [0, 0.05) is 6.54 Å². The molecule has 114 valence electrons. The lowest BCUT2D eigenvalue weighted by atomic mass is 9.85. The van der Waals surface area contributed by atoms with E-state index in [1.807, 2.05) is 0 Å². The third-order valence-electron chi connectivity index (χ3n) is 4.23. The fraction of sp³-hybridized carbons (Fsp3) is 0.684. The normalized spacial score (nSPS) is 13.2. The van der Waals surface area contributed by atoms with Gasteiger partial charge in [-0.3, -0.25) is 0 Å². The van der Waals surface area contributed by atoms with Crippen molar-refractivity contribution in [2.75, 3.05) is 13.1 Å². The van der Waals surface area contributed by atoms with Gasteiger partial charge in [-0.1, -0.05) is 70.4 Å². The van der Waals surface area contributed by atoms with Crippen LogP contribution in [0.3, 0.4) is 0 Å². The van der Waals surface area contributed by atoms with E-state index < -0.39 is 0 Å². The average molecular weight is 275 g/mol. The minimum absolute atomic E-state index is 0.651. The molecule has 0 aliphatic rings. The predicted octanol–water partition coefficient (Wildman–Crippen LogP) is 5.15. The number of aryl methyl sites for hydroxylation is 1. The molecule has 0 bridgehead atoms. The first-order valence-electron chi connectivity index (χ1n) is 8.34. The molecule has 1 rings (SSSR count). The summed E-state index contributed by atoms with van der Waals surface area (Å²) in [5, 5.41) is 3.66. The fourth-order valence-corrected chi connectivity index (χ4v) is 2.83. The molecule has 1 atom stereocenters. The molecule has 1 aromatic rings. The van der Waals surface area contributed by atoms with Crippen LogP contribution in [0.25, 0.3) is 0 Å². The van der Waals surface area contributed by atoms with Crippen LogP contribution in [-0.4, -0.2) is 13.1 Å². The van der Waals surface area contributed by atoms with Crippen molar-refractivity contribution in [2.45, 2.75) is 59.8 Å². The van der Waals surface area contributed by atoms with Gasteiger partial charge < -0.3 is 5.32 Å². The largest absolute Gasteiger partial charge is 0.316 e. The van der Waals surface area contributed by atoms with Crippen molar-refractivity contribution in [2.24, 2.45) is 11.8 Å². The zero-order chi connectivity index (χ0) is 15.0. The third-order valence-corrected chi connectivity index (χ3v) is 4.23. The highest BCUT2D eigenvalue weighted by Crippen LogP contribution is 2.27. The molecule has 0 radical (unpaired) electrons. The summed E-state index contributed by atoms with van der Waals surface area (Å²) >= 11 is 0. The van der Waals surface area contributed by atoms with Gasteiger partial charge in [0.2, 0.25) is 0 Å². The summed E-state index contributed by atoms with van der Waals surface area (Å²) in [4.78, 5) is 0. The van der Waals surface area contributed by atoms with Crippen LogP contribution in [0, 0.1) is 18.8 Å². The minimum atomic E-state index is 0.651. The summed E-state index contributed by atoms with van der Waals surface area (Å²) < 4.78 is 0. The van der Waals surface area contributed by atoms with Crippen molar-refractivity contribution in [3.8, 4) is 0 Å². The van der Waals surface area contributed by atoms with Gasteiger partial charge in [-0.2, -0.15) is 0 Å². The molecule has 0 amide bonds. The van der Waals surface area contributed by atoms with E-state index in [9.17, 15) is 0 Å². The Labute approximate surface area is 126 Å². The molecule has 1 unspecified atom stereocenters. The Balaban J connectivity index is 2.72. The number of benzene rings is 1. The van der Waals surface area contributed by atoms with Crippen LogP contribution in [0.4, 0.5) is 0 Å². The molecule has 0 aliphatic carbocycles. The van der Waals surface area contributed by atoms with Gasteiger partial charge >= 0.3 is 0 Å². The highest BCUT2D eigenvalue weighted by molar-refractivity contribution is 5.25. The molecule has 0 aromatic heterocycles. The van der Waals surface area contributed by atoms with E-state index >= 15 is 0 Å². The zero-order valence-electron chi connectivity index (χ0n) is 14.1. The third kappa shape index (κ3) is 6.09. The molecular weight excluding hydrogens is 242 g/mol. The van der Waals surface area contributed by atoms with Crippen molar-refractivity contribution in [3.63, 3.8) is 0 Å². The molecule has 0 heterocycles. The molecule has 20 heavy (non-hydrogen) atoms. The standard InChI is InChI=1S/C19H33N/c1-6-17(7-2)12-19(14-20-13-15(3)4)18-10-8-9-16(5)11-18/h8-11,15,17,19-20H,6-7,12-14H2,1-5H3. The fourth-order valence-electron chi connectivity index (χ4n) is 2.83. The Morgan fingerprint density at radius 3 is 2.30 bits per heavy atom. The first-order valence-corrected chi connectivity index (χ1v) is 8.34. The van der Waals surface area contributed by atoms with E-state index in [4.69, 9.17) is 0 Å². The van der Waals surface area contributed by atoms with Crippen molar-refractivity contribution < 1.29 is 0 Å². The van der Waals surface area contributed by atoms with Crippen molar-refractivity contribution in [3.05, 3.63) is 35.4 Å². The second kappa shape index (κ2) is 9.18. The Bertz CT molecular complexity index is 366. The number of hydrogen-bond acceptors (Lipinski definition) is 1. The quantitative estimate of drug-likeness (QED) is 0.657. The summed E-state index contributed by atoms with van der Waals surface area (Å²) in [5.74, 6) is 2.22. The highest BCUT2D eigenvalue weighted by atomic mass is 14.9. The van der Waals surface area contributed by atoms with Gasteiger partial charge in [0.15, 0.2) is 0 Å². The van der Waals surface area contributed by atoms with E-state index in [-0.39, 0.29) is 0 Å². The van der Waals surface area contributed by atoms with E-state index in [1.165, 1.54) is 30.4 Å². The molecule has 1 aromatic carbocycles. The lowest BCUT2D eigenvalue weighted by molar-refractivity contribution is 0.392. The molecule has 0 saturated heterocycles. The lowest BCUT2D eigenvalue weighted by Gasteiger charge is -2.24. The summed E-state index contributed by atoms with van der Waals surface area (Å²) in [6, 6.07) is 9.06. The first-order chi connectivity index (χ1) is 9.56. The average Bonchev–Trinajstić information content (AvgIpc) is 2.42. The van der Waals surface area contributed by atoms with Crippen molar-refractivity contribution in [1.82, 2.24) is 5.32 Å². The second-order valence-corrected chi connectivity index (χ2v) is 6.58. The van der Waals surface area contributed by atoms with Crippen LogP contribution in [0.15, 0.2) is 24.3 Å². The first kappa shape index (κ1) is 17.2. The van der Waals surface area contributed by atoms with Gasteiger partial charge in [-0.15, -0.1) is 0 Å². The maximum atomic E-state index is 3.66. The molecule has 1 heteroatoms. The number of hydrogen-bond donors (Lipinski definition) is 1. The Morgan fingerprint density at radius 2 is 1.75 bits per heavy atom. The minimum Gasteiger partial charge on any atom is -0.316 e. The summed E-state index contributed by atoms with van der Waals surface area (Å²) in [6.07, 6.45) is 3.90. The Kier molecular flexibility index (Phi) is 7.91. The van der Waals surface area contributed by atoms with E-state index in [2.05, 4.69) is 64.2 Å². The number of rotatable bonds is 9. The molecular formula is C19H33N. The molecule has 0 saturated carbocycles. The Hall–Kier alpha value is -0.820. The smallest absolute Gasteiger partial charge is 0.00203 e. The van der Waals surface area contributed by atoms with Gasteiger partial charge in [-0.05, 0) is 43.2 Å². The van der Waals surface area contributed by atoms with Gasteiger partial charge in [0.1, 0.15) is 0 Å². The van der Waals surface area contributed by atoms with Crippen LogP contribution in [0.5, 0.6) is 0 Å². The van der Waals surface area contributed by atoms with Crippen molar-refractivity contribution >= 4 is 0 Å². The van der Waals surface area contributed by atoms with Gasteiger partial charge in [0.25, 0.3) is 0 Å². The van der Waals surface area contributed by atoms with Crippen molar-refractivity contribution in [1.29, 1.82) is 0 Å². The molecule has 0 fully saturated rings. The van der Waals surface area contributed by atoms with Crippen LogP contribution < -0.4 is 5.32 Å². The van der Waals surface area contributed by atoms with Crippen LogP contribution in [0.1, 0.15) is 64.0 Å².